The number of hydrogen-bond donors (Lipinski definition) is 0. The molecule has 6 heteroatoms. The summed E-state index contributed by atoms with van der Waals surface area (Å²) in [5, 5.41) is 0.539. The molecule has 2 rings (SSSR count). The Morgan fingerprint density at radius 3 is 2.58 bits per heavy atom. The molecule has 0 N–H and O–H groups in total. The fraction of sp³-hybridized carbons (Fsp3) is 0.462. The first-order chi connectivity index (χ1) is 8.99. The van der Waals surface area contributed by atoms with Gasteiger partial charge in [-0.15, -0.1) is 11.3 Å². The van der Waals surface area contributed by atoms with Crippen LogP contribution in [0.2, 0.25) is 0 Å². The van der Waals surface area contributed by atoms with E-state index in [2.05, 4.69) is 0 Å². The molecule has 0 saturated carbocycles. The highest BCUT2D eigenvalue weighted by Crippen LogP contribution is 2.38. The molecule has 0 radical (unpaired) electrons. The van der Waals surface area contributed by atoms with E-state index in [1.54, 1.807) is 0 Å². The summed E-state index contributed by atoms with van der Waals surface area (Å²) in [5.41, 5.74) is 1.31. The van der Waals surface area contributed by atoms with Crippen molar-refractivity contribution < 1.29 is 19.1 Å². The number of anilines is 1. The van der Waals surface area contributed by atoms with E-state index in [-0.39, 0.29) is 24.7 Å². The van der Waals surface area contributed by atoms with Gasteiger partial charge in [0.2, 0.25) is 5.91 Å². The van der Waals surface area contributed by atoms with Gasteiger partial charge < -0.3 is 4.74 Å². The molecule has 1 aliphatic heterocycles. The van der Waals surface area contributed by atoms with E-state index >= 15 is 0 Å². The zero-order valence-electron chi connectivity index (χ0n) is 11.1. The van der Waals surface area contributed by atoms with Crippen LogP contribution in [-0.4, -0.2) is 31.3 Å². The van der Waals surface area contributed by atoms with Gasteiger partial charge in [-0.05, 0) is 18.9 Å². The number of Topliss-reactive ketones (excluding diaryl/α,β-unsaturated/α-hetero) is 1. The Balaban J connectivity index is 2.54. The van der Waals surface area contributed by atoms with Gasteiger partial charge in [-0.1, -0.05) is 6.92 Å². The summed E-state index contributed by atoms with van der Waals surface area (Å²) in [6.45, 7) is 3.90. The number of ether oxygens (including phenoxy) is 1. The zero-order valence-corrected chi connectivity index (χ0v) is 11.9. The average molecular weight is 281 g/mol. The summed E-state index contributed by atoms with van der Waals surface area (Å²) < 4.78 is 4.80. The summed E-state index contributed by atoms with van der Waals surface area (Å²) >= 11 is 1.36. The lowest BCUT2D eigenvalue weighted by Gasteiger charge is -2.14. The standard InChI is InChI=1S/C13H15NO4S/c1-4-9-7(2)19-12(11(9)13(17)18-3)14-6-8(15)5-10(14)16/h4-6H2,1-3H3. The Hall–Kier alpha value is -1.69. The molecule has 1 saturated heterocycles. The molecule has 19 heavy (non-hydrogen) atoms. The Morgan fingerprint density at radius 1 is 1.42 bits per heavy atom. The van der Waals surface area contributed by atoms with Crippen molar-refractivity contribution in [3.8, 4) is 0 Å². The molecule has 1 aliphatic rings. The third-order valence-electron chi connectivity index (χ3n) is 3.16. The average Bonchev–Trinajstić information content (AvgIpc) is 2.87. The minimum atomic E-state index is -0.455. The largest absolute Gasteiger partial charge is 0.465 e. The van der Waals surface area contributed by atoms with Crippen LogP contribution in [0.5, 0.6) is 0 Å². The van der Waals surface area contributed by atoms with Crippen LogP contribution in [0.25, 0.3) is 0 Å². The summed E-state index contributed by atoms with van der Waals surface area (Å²) in [4.78, 5) is 37.5. The first-order valence-corrected chi connectivity index (χ1v) is 6.83. The number of ketones is 1. The maximum Gasteiger partial charge on any atom is 0.341 e. The predicted octanol–water partition coefficient (Wildman–Crippen LogP) is 1.71. The lowest BCUT2D eigenvalue weighted by atomic mass is 10.1. The van der Waals surface area contributed by atoms with Crippen molar-refractivity contribution in [3.05, 3.63) is 16.0 Å². The van der Waals surface area contributed by atoms with Crippen molar-refractivity contribution in [2.45, 2.75) is 26.7 Å². The molecular formula is C13H15NO4S. The zero-order chi connectivity index (χ0) is 14.2. The molecule has 1 aromatic rings. The SMILES string of the molecule is CCc1c(C)sc(N2CC(=O)CC2=O)c1C(=O)OC. The molecule has 0 atom stereocenters. The normalized spacial score (nSPS) is 15.2. The lowest BCUT2D eigenvalue weighted by molar-refractivity contribution is -0.121. The van der Waals surface area contributed by atoms with Gasteiger partial charge in [-0.3, -0.25) is 14.5 Å². The maximum absolute atomic E-state index is 11.9. The van der Waals surface area contributed by atoms with Crippen LogP contribution in [0.15, 0.2) is 0 Å². The van der Waals surface area contributed by atoms with Crippen LogP contribution in [0.4, 0.5) is 5.00 Å². The first-order valence-electron chi connectivity index (χ1n) is 6.02. The van der Waals surface area contributed by atoms with Gasteiger partial charge in [0.25, 0.3) is 0 Å². The van der Waals surface area contributed by atoms with E-state index in [0.717, 1.165) is 10.4 Å². The smallest absolute Gasteiger partial charge is 0.341 e. The minimum absolute atomic E-state index is 0.0476. The van der Waals surface area contributed by atoms with E-state index in [1.807, 2.05) is 13.8 Å². The second-order valence-electron chi connectivity index (χ2n) is 4.36. The molecule has 102 valence electrons. The molecule has 0 aliphatic carbocycles. The van der Waals surface area contributed by atoms with Gasteiger partial charge in [-0.25, -0.2) is 4.79 Å². The van der Waals surface area contributed by atoms with Crippen molar-refractivity contribution in [2.24, 2.45) is 0 Å². The van der Waals surface area contributed by atoms with Crippen molar-refractivity contribution >= 4 is 34.0 Å². The number of thiophene rings is 1. The van der Waals surface area contributed by atoms with Crippen LogP contribution in [-0.2, 0) is 20.7 Å². The molecule has 0 unspecified atom stereocenters. The van der Waals surface area contributed by atoms with Crippen LogP contribution >= 0.6 is 11.3 Å². The fourth-order valence-electron chi connectivity index (χ4n) is 2.26. The quantitative estimate of drug-likeness (QED) is 0.625. The third kappa shape index (κ3) is 2.28. The van der Waals surface area contributed by atoms with E-state index in [9.17, 15) is 14.4 Å². The van der Waals surface area contributed by atoms with Gasteiger partial charge in [0, 0.05) is 4.88 Å². The number of carbonyl (C=O) groups is 3. The topological polar surface area (TPSA) is 63.7 Å². The van der Waals surface area contributed by atoms with Crippen LogP contribution in [0.3, 0.4) is 0 Å². The molecular weight excluding hydrogens is 266 g/mol. The Bertz CT molecular complexity index is 561. The van der Waals surface area contributed by atoms with E-state index < -0.39 is 5.97 Å². The number of methoxy groups -OCH3 is 1. The number of aryl methyl sites for hydroxylation is 1. The van der Waals surface area contributed by atoms with Crippen molar-refractivity contribution in [3.63, 3.8) is 0 Å². The molecule has 5 nitrogen and oxygen atoms in total. The lowest BCUT2D eigenvalue weighted by Crippen LogP contribution is -2.25. The summed E-state index contributed by atoms with van der Waals surface area (Å²) in [6, 6.07) is 0. The van der Waals surface area contributed by atoms with E-state index in [0.29, 0.717) is 17.0 Å². The van der Waals surface area contributed by atoms with Crippen LogP contribution < -0.4 is 4.90 Å². The molecule has 2 heterocycles. The Labute approximate surface area is 115 Å². The van der Waals surface area contributed by atoms with E-state index in [4.69, 9.17) is 4.74 Å². The highest BCUT2D eigenvalue weighted by molar-refractivity contribution is 7.17. The third-order valence-corrected chi connectivity index (χ3v) is 4.33. The van der Waals surface area contributed by atoms with Gasteiger partial charge in [-0.2, -0.15) is 0 Å². The second-order valence-corrected chi connectivity index (χ2v) is 5.56. The molecule has 1 amide bonds. The molecule has 1 fully saturated rings. The monoisotopic (exact) mass is 281 g/mol. The summed E-state index contributed by atoms with van der Waals surface area (Å²) in [5.74, 6) is -0.827. The minimum Gasteiger partial charge on any atom is -0.465 e. The fourth-order valence-corrected chi connectivity index (χ4v) is 3.51. The molecule has 0 bridgehead atoms. The number of nitrogens with zero attached hydrogens (tertiary/aromatic N) is 1. The number of carbonyl (C=O) groups excluding carboxylic acids is 3. The summed E-state index contributed by atoms with van der Waals surface area (Å²) in [7, 11) is 1.31. The van der Waals surface area contributed by atoms with E-state index in [1.165, 1.54) is 23.3 Å². The molecule has 0 aromatic carbocycles. The van der Waals surface area contributed by atoms with Gasteiger partial charge in [0.1, 0.15) is 5.00 Å². The van der Waals surface area contributed by atoms with Crippen molar-refractivity contribution in [1.29, 1.82) is 0 Å². The Morgan fingerprint density at radius 2 is 2.11 bits per heavy atom. The maximum atomic E-state index is 11.9. The first kappa shape index (κ1) is 13.7. The highest BCUT2D eigenvalue weighted by Gasteiger charge is 2.34. The molecule has 0 spiro atoms. The second kappa shape index (κ2) is 5.13. The van der Waals surface area contributed by atoms with Crippen molar-refractivity contribution in [2.75, 3.05) is 18.6 Å². The molecule has 1 aromatic heterocycles. The number of hydrogen-bond acceptors (Lipinski definition) is 5. The number of esters is 1. The van der Waals surface area contributed by atoms with Crippen molar-refractivity contribution in [1.82, 2.24) is 0 Å². The number of amides is 1. The van der Waals surface area contributed by atoms with Crippen LogP contribution in [0.1, 0.15) is 34.1 Å². The van der Waals surface area contributed by atoms with Gasteiger partial charge >= 0.3 is 5.97 Å². The van der Waals surface area contributed by atoms with Gasteiger partial charge in [0.15, 0.2) is 5.78 Å². The summed E-state index contributed by atoms with van der Waals surface area (Å²) in [6.07, 6.45) is 0.599. The number of rotatable bonds is 3. The predicted molar refractivity (Wildman–Crippen MR) is 71.8 cm³/mol. The Kier molecular flexibility index (Phi) is 3.71. The van der Waals surface area contributed by atoms with Gasteiger partial charge in [0.05, 0.1) is 25.6 Å². The van der Waals surface area contributed by atoms with Crippen LogP contribution in [0, 0.1) is 6.92 Å². The highest BCUT2D eigenvalue weighted by atomic mass is 32.1.